The molecule has 6 nitrogen and oxygen atoms in total. The number of hydrogen-bond acceptors (Lipinski definition) is 6. The highest BCUT2D eigenvalue weighted by molar-refractivity contribution is 8.18. The summed E-state index contributed by atoms with van der Waals surface area (Å²) in [5, 5.41) is 8.21. The number of hydrogen-bond donors (Lipinski definition) is 0. The Morgan fingerprint density at radius 1 is 1.27 bits per heavy atom. The molecule has 7 heteroatoms. The molecule has 1 heterocycles. The molecule has 0 N–H and O–H groups in total. The monoisotopic (exact) mass is 318 g/mol. The van der Waals surface area contributed by atoms with Gasteiger partial charge in [-0.3, -0.25) is 14.5 Å². The molecule has 2 rings (SSSR count). The highest BCUT2D eigenvalue weighted by atomic mass is 32.2. The Hall–Kier alpha value is -2.46. The number of ether oxygens (including phenoxy) is 2. The maximum absolute atomic E-state index is 12.2. The van der Waals surface area contributed by atoms with Gasteiger partial charge in [0.1, 0.15) is 0 Å². The molecule has 1 aliphatic heterocycles. The van der Waals surface area contributed by atoms with Crippen LogP contribution in [0.15, 0.2) is 23.1 Å². The summed E-state index contributed by atoms with van der Waals surface area (Å²) in [4.78, 5) is 25.4. The molecule has 1 aromatic rings. The van der Waals surface area contributed by atoms with E-state index in [9.17, 15) is 9.59 Å². The highest BCUT2D eigenvalue weighted by Crippen LogP contribution is 2.34. The minimum atomic E-state index is -0.375. The van der Waals surface area contributed by atoms with Crippen LogP contribution >= 0.6 is 11.8 Å². The van der Waals surface area contributed by atoms with Crippen LogP contribution in [0.1, 0.15) is 12.0 Å². The standard InChI is InChI=1S/C15H14N2O4S/c1-20-11-5-4-10(8-12(11)21-2)9-13-14(18)17(7-3-6-16)15(19)22-13/h4-5,8-9H,3,7H2,1-2H3/b13-9-. The average Bonchev–Trinajstić information content (AvgIpc) is 2.79. The Balaban J connectivity index is 2.25. The third-order valence-corrected chi connectivity index (χ3v) is 3.93. The van der Waals surface area contributed by atoms with Crippen molar-refractivity contribution in [1.82, 2.24) is 4.90 Å². The van der Waals surface area contributed by atoms with E-state index < -0.39 is 0 Å². The fourth-order valence-corrected chi connectivity index (χ4v) is 2.81. The first kappa shape index (κ1) is 15.9. The second-order valence-corrected chi connectivity index (χ2v) is 5.35. The van der Waals surface area contributed by atoms with Crippen molar-refractivity contribution >= 4 is 29.0 Å². The van der Waals surface area contributed by atoms with Crippen LogP contribution in [0.4, 0.5) is 4.79 Å². The summed E-state index contributed by atoms with van der Waals surface area (Å²) in [6, 6.07) is 7.14. The Morgan fingerprint density at radius 2 is 2.00 bits per heavy atom. The number of carbonyl (C=O) groups is 2. The molecule has 0 aliphatic carbocycles. The molecule has 2 amide bonds. The number of thioether (sulfide) groups is 1. The normalized spacial score (nSPS) is 16.0. The number of methoxy groups -OCH3 is 2. The Kier molecular flexibility index (Phi) is 5.07. The molecule has 0 aromatic heterocycles. The van der Waals surface area contributed by atoms with E-state index in [1.54, 1.807) is 24.3 Å². The summed E-state index contributed by atoms with van der Waals surface area (Å²) in [5.74, 6) is 0.752. The molecule has 1 fully saturated rings. The molecule has 1 aromatic carbocycles. The van der Waals surface area contributed by atoms with Crippen molar-refractivity contribution in [2.24, 2.45) is 0 Å². The lowest BCUT2D eigenvalue weighted by Gasteiger charge is -2.09. The van der Waals surface area contributed by atoms with Gasteiger partial charge in [0.15, 0.2) is 11.5 Å². The van der Waals surface area contributed by atoms with Crippen molar-refractivity contribution in [2.75, 3.05) is 20.8 Å². The van der Waals surface area contributed by atoms with Gasteiger partial charge < -0.3 is 9.47 Å². The lowest BCUT2D eigenvalue weighted by atomic mass is 10.2. The SMILES string of the molecule is COc1ccc(/C=C2\SC(=O)N(CCC#N)C2=O)cc1OC. The number of carbonyl (C=O) groups excluding carboxylic acids is 2. The number of nitriles is 1. The fraction of sp³-hybridized carbons (Fsp3) is 0.267. The van der Waals surface area contributed by atoms with Crippen LogP contribution in [-0.2, 0) is 4.79 Å². The maximum Gasteiger partial charge on any atom is 0.293 e. The van der Waals surface area contributed by atoms with E-state index in [-0.39, 0.29) is 24.1 Å². The van der Waals surface area contributed by atoms with Crippen molar-refractivity contribution in [3.63, 3.8) is 0 Å². The van der Waals surface area contributed by atoms with Gasteiger partial charge in [-0.15, -0.1) is 0 Å². The minimum Gasteiger partial charge on any atom is -0.493 e. The van der Waals surface area contributed by atoms with E-state index >= 15 is 0 Å². The number of rotatable bonds is 5. The summed E-state index contributed by atoms with van der Waals surface area (Å²) in [6.07, 6.45) is 1.75. The molecule has 0 atom stereocenters. The summed E-state index contributed by atoms with van der Waals surface area (Å²) >= 11 is 0.868. The zero-order valence-corrected chi connectivity index (χ0v) is 13.0. The molecule has 22 heavy (non-hydrogen) atoms. The summed E-state index contributed by atoms with van der Waals surface area (Å²) < 4.78 is 10.4. The number of benzene rings is 1. The van der Waals surface area contributed by atoms with Gasteiger partial charge in [0, 0.05) is 6.54 Å². The predicted molar refractivity (Wildman–Crippen MR) is 82.5 cm³/mol. The average molecular weight is 318 g/mol. The molecular weight excluding hydrogens is 304 g/mol. The van der Waals surface area contributed by atoms with E-state index in [4.69, 9.17) is 14.7 Å². The summed E-state index contributed by atoms with van der Waals surface area (Å²) in [6.45, 7) is 0.116. The number of imide groups is 1. The van der Waals surface area contributed by atoms with Gasteiger partial charge in [-0.05, 0) is 35.5 Å². The lowest BCUT2D eigenvalue weighted by molar-refractivity contribution is -0.122. The molecule has 0 unspecified atom stereocenters. The number of nitrogens with zero attached hydrogens (tertiary/aromatic N) is 2. The van der Waals surface area contributed by atoms with Crippen LogP contribution in [0.3, 0.4) is 0 Å². The first-order chi connectivity index (χ1) is 10.6. The van der Waals surface area contributed by atoms with Crippen LogP contribution in [0.5, 0.6) is 11.5 Å². The second kappa shape index (κ2) is 7.00. The van der Waals surface area contributed by atoms with E-state index in [0.29, 0.717) is 16.4 Å². The summed E-state index contributed by atoms with van der Waals surface area (Å²) in [7, 11) is 3.06. The van der Waals surface area contributed by atoms with E-state index in [0.717, 1.165) is 22.2 Å². The van der Waals surface area contributed by atoms with Crippen LogP contribution in [-0.4, -0.2) is 36.8 Å². The van der Waals surface area contributed by atoms with Gasteiger partial charge >= 0.3 is 0 Å². The first-order valence-corrected chi connectivity index (χ1v) is 7.26. The third kappa shape index (κ3) is 3.23. The van der Waals surface area contributed by atoms with E-state index in [1.807, 2.05) is 6.07 Å². The van der Waals surface area contributed by atoms with Gasteiger partial charge in [0.25, 0.3) is 11.1 Å². The maximum atomic E-state index is 12.2. The molecule has 0 saturated carbocycles. The van der Waals surface area contributed by atoms with Gasteiger partial charge in [-0.1, -0.05) is 6.07 Å². The minimum absolute atomic E-state index is 0.116. The predicted octanol–water partition coefficient (Wildman–Crippen LogP) is 2.65. The Bertz CT molecular complexity index is 679. The molecule has 1 aliphatic rings. The van der Waals surface area contributed by atoms with E-state index in [1.165, 1.54) is 14.2 Å². The molecule has 0 radical (unpaired) electrons. The number of amides is 2. The lowest BCUT2D eigenvalue weighted by Crippen LogP contribution is -2.28. The van der Waals surface area contributed by atoms with Gasteiger partial charge in [-0.2, -0.15) is 5.26 Å². The first-order valence-electron chi connectivity index (χ1n) is 6.45. The topological polar surface area (TPSA) is 79.6 Å². The smallest absolute Gasteiger partial charge is 0.293 e. The second-order valence-electron chi connectivity index (χ2n) is 4.36. The van der Waals surface area contributed by atoms with Crippen LogP contribution in [0.2, 0.25) is 0 Å². The van der Waals surface area contributed by atoms with Crippen molar-refractivity contribution in [1.29, 1.82) is 5.26 Å². The van der Waals surface area contributed by atoms with Gasteiger partial charge in [-0.25, -0.2) is 0 Å². The largest absolute Gasteiger partial charge is 0.493 e. The van der Waals surface area contributed by atoms with Crippen molar-refractivity contribution in [3.8, 4) is 17.6 Å². The molecule has 114 valence electrons. The molecule has 0 spiro atoms. The van der Waals surface area contributed by atoms with Crippen LogP contribution < -0.4 is 9.47 Å². The zero-order valence-electron chi connectivity index (χ0n) is 12.2. The molecular formula is C15H14N2O4S. The van der Waals surface area contributed by atoms with E-state index in [2.05, 4.69) is 0 Å². The fourth-order valence-electron chi connectivity index (χ4n) is 1.95. The van der Waals surface area contributed by atoms with Crippen molar-refractivity contribution in [2.45, 2.75) is 6.42 Å². The Labute approximate surface area is 132 Å². The Morgan fingerprint density at radius 3 is 2.64 bits per heavy atom. The van der Waals surface area contributed by atoms with Gasteiger partial charge in [0.05, 0.1) is 31.6 Å². The van der Waals surface area contributed by atoms with Crippen LogP contribution in [0, 0.1) is 11.3 Å². The van der Waals surface area contributed by atoms with Crippen molar-refractivity contribution in [3.05, 3.63) is 28.7 Å². The van der Waals surface area contributed by atoms with Crippen molar-refractivity contribution < 1.29 is 19.1 Å². The molecule has 0 bridgehead atoms. The van der Waals surface area contributed by atoms with Gasteiger partial charge in [0.2, 0.25) is 0 Å². The highest BCUT2D eigenvalue weighted by Gasteiger charge is 2.34. The zero-order chi connectivity index (χ0) is 16.1. The molecule has 1 saturated heterocycles. The van der Waals surface area contributed by atoms with Crippen LogP contribution in [0.25, 0.3) is 6.08 Å². The third-order valence-electron chi connectivity index (χ3n) is 3.03. The summed E-state index contributed by atoms with van der Waals surface area (Å²) in [5.41, 5.74) is 0.725. The quantitative estimate of drug-likeness (QED) is 0.777.